The zero-order chi connectivity index (χ0) is 20.3. The van der Waals surface area contributed by atoms with Gasteiger partial charge >= 0.3 is 0 Å². The number of hydrogen-bond donors (Lipinski definition) is 3. The van der Waals surface area contributed by atoms with Crippen molar-refractivity contribution in [1.82, 2.24) is 10.6 Å². The van der Waals surface area contributed by atoms with Gasteiger partial charge in [0.1, 0.15) is 17.3 Å². The van der Waals surface area contributed by atoms with E-state index in [1.165, 1.54) is 24.3 Å². The second-order valence-corrected chi connectivity index (χ2v) is 6.55. The molecule has 2 aromatic rings. The summed E-state index contributed by atoms with van der Waals surface area (Å²) in [5, 5.41) is 9.29. The molecule has 0 fully saturated rings. The van der Waals surface area contributed by atoms with Crippen LogP contribution in [0.4, 0.5) is 10.1 Å². The summed E-state index contributed by atoms with van der Waals surface area (Å²) in [4.78, 5) is 13.0. The van der Waals surface area contributed by atoms with Crippen molar-refractivity contribution in [2.45, 2.75) is 13.0 Å². The van der Waals surface area contributed by atoms with Crippen LogP contribution in [0.1, 0.15) is 18.5 Å². The maximum Gasteiger partial charge on any atom is 0.255 e. The molecular formula is C20H20FN3O3S. The highest BCUT2D eigenvalue weighted by Gasteiger charge is 2.32. The van der Waals surface area contributed by atoms with E-state index in [0.717, 1.165) is 5.56 Å². The van der Waals surface area contributed by atoms with Crippen molar-refractivity contribution >= 4 is 28.9 Å². The number of carbonyl (C=O) groups excluding carboxylic acids is 1. The number of carbonyl (C=O) groups is 1. The van der Waals surface area contributed by atoms with Gasteiger partial charge in [-0.25, -0.2) is 4.39 Å². The Morgan fingerprint density at radius 1 is 1.14 bits per heavy atom. The molecule has 1 atom stereocenters. The van der Waals surface area contributed by atoms with E-state index in [0.29, 0.717) is 33.6 Å². The van der Waals surface area contributed by atoms with Crippen LogP contribution in [0.3, 0.4) is 0 Å². The van der Waals surface area contributed by atoms with Crippen LogP contribution in [0.25, 0.3) is 0 Å². The first kappa shape index (κ1) is 19.6. The number of nitrogens with one attached hydrogen (secondary N) is 3. The first-order chi connectivity index (χ1) is 13.4. The van der Waals surface area contributed by atoms with Crippen LogP contribution < -0.4 is 25.4 Å². The highest BCUT2D eigenvalue weighted by atomic mass is 32.1. The number of halogens is 1. The van der Waals surface area contributed by atoms with Crippen molar-refractivity contribution in [3.8, 4) is 11.5 Å². The Morgan fingerprint density at radius 2 is 1.86 bits per heavy atom. The first-order valence-corrected chi connectivity index (χ1v) is 8.91. The number of methoxy groups -OCH3 is 2. The van der Waals surface area contributed by atoms with E-state index < -0.39 is 6.04 Å². The summed E-state index contributed by atoms with van der Waals surface area (Å²) in [5.41, 5.74) is 2.28. The van der Waals surface area contributed by atoms with Gasteiger partial charge in [-0.05, 0) is 55.5 Å². The number of hydrogen-bond acceptors (Lipinski definition) is 4. The highest BCUT2D eigenvalue weighted by molar-refractivity contribution is 7.80. The lowest BCUT2D eigenvalue weighted by Gasteiger charge is -2.31. The average Bonchev–Trinajstić information content (AvgIpc) is 2.68. The van der Waals surface area contributed by atoms with Crippen molar-refractivity contribution in [1.29, 1.82) is 0 Å². The number of amides is 1. The number of thiocarbonyl (C=S) groups is 1. The lowest BCUT2D eigenvalue weighted by molar-refractivity contribution is -0.113. The predicted octanol–water partition coefficient (Wildman–Crippen LogP) is 3.27. The first-order valence-electron chi connectivity index (χ1n) is 8.50. The molecular weight excluding hydrogens is 381 g/mol. The molecule has 6 nitrogen and oxygen atoms in total. The summed E-state index contributed by atoms with van der Waals surface area (Å²) >= 11 is 5.28. The standard InChI is InChI=1S/C20H20FN3O3S/c1-11-17(19(25)23-13-6-4-12(21)5-7-13)18(24-20(28)22-11)15-9-8-14(26-2)10-16(15)27-3/h4-10,18H,1-3H3,(H,23,25)(H2,22,24,28)/t18-/m1/s1. The molecule has 8 heteroatoms. The summed E-state index contributed by atoms with van der Waals surface area (Å²) in [7, 11) is 3.12. The van der Waals surface area contributed by atoms with Crippen LogP contribution in [-0.2, 0) is 4.79 Å². The minimum Gasteiger partial charge on any atom is -0.497 e. The van der Waals surface area contributed by atoms with Crippen LogP contribution in [0.5, 0.6) is 11.5 Å². The number of benzene rings is 2. The molecule has 1 aliphatic heterocycles. The predicted molar refractivity (Wildman–Crippen MR) is 109 cm³/mol. The summed E-state index contributed by atoms with van der Waals surface area (Å²) < 4.78 is 23.9. The quantitative estimate of drug-likeness (QED) is 0.668. The van der Waals surface area contributed by atoms with Gasteiger partial charge in [-0.2, -0.15) is 0 Å². The Hall–Kier alpha value is -3.13. The molecule has 0 radical (unpaired) electrons. The number of anilines is 1. The zero-order valence-corrected chi connectivity index (χ0v) is 16.4. The third-order valence-electron chi connectivity index (χ3n) is 4.37. The molecule has 0 saturated carbocycles. The fraction of sp³-hybridized carbons (Fsp3) is 0.200. The van der Waals surface area contributed by atoms with E-state index >= 15 is 0 Å². The maximum absolute atomic E-state index is 13.1. The third-order valence-corrected chi connectivity index (χ3v) is 4.59. The minimum atomic E-state index is -0.532. The van der Waals surface area contributed by atoms with E-state index in [-0.39, 0.29) is 11.7 Å². The monoisotopic (exact) mass is 401 g/mol. The zero-order valence-electron chi connectivity index (χ0n) is 15.6. The van der Waals surface area contributed by atoms with Gasteiger partial charge in [0.2, 0.25) is 0 Å². The molecule has 28 heavy (non-hydrogen) atoms. The van der Waals surface area contributed by atoms with Crippen LogP contribution >= 0.6 is 12.2 Å². The van der Waals surface area contributed by atoms with Crippen LogP contribution in [0, 0.1) is 5.82 Å². The molecule has 1 aliphatic rings. The third kappa shape index (κ3) is 4.07. The molecule has 0 spiro atoms. The van der Waals surface area contributed by atoms with Crippen molar-refractivity contribution < 1.29 is 18.7 Å². The minimum absolute atomic E-state index is 0.338. The number of rotatable bonds is 5. The van der Waals surface area contributed by atoms with Crippen molar-refractivity contribution in [2.75, 3.05) is 19.5 Å². The van der Waals surface area contributed by atoms with Crippen LogP contribution in [0.15, 0.2) is 53.7 Å². The van der Waals surface area contributed by atoms with Gasteiger partial charge in [-0.3, -0.25) is 4.79 Å². The molecule has 1 amide bonds. The molecule has 1 heterocycles. The second-order valence-electron chi connectivity index (χ2n) is 6.14. The van der Waals surface area contributed by atoms with Gasteiger partial charge in [-0.1, -0.05) is 0 Å². The largest absolute Gasteiger partial charge is 0.497 e. The molecule has 0 aliphatic carbocycles. The van der Waals surface area contributed by atoms with Crippen LogP contribution in [0.2, 0.25) is 0 Å². The Balaban J connectivity index is 1.99. The average molecular weight is 401 g/mol. The highest BCUT2D eigenvalue weighted by Crippen LogP contribution is 2.35. The molecule has 0 aromatic heterocycles. The number of allylic oxidation sites excluding steroid dienone is 1. The lowest BCUT2D eigenvalue weighted by Crippen LogP contribution is -2.45. The van der Waals surface area contributed by atoms with E-state index in [1.54, 1.807) is 33.3 Å². The maximum atomic E-state index is 13.1. The van der Waals surface area contributed by atoms with E-state index in [9.17, 15) is 9.18 Å². The smallest absolute Gasteiger partial charge is 0.255 e. The summed E-state index contributed by atoms with van der Waals surface area (Å²) in [6.07, 6.45) is 0. The second kappa shape index (κ2) is 8.26. The summed E-state index contributed by atoms with van der Waals surface area (Å²) in [6, 6.07) is 10.4. The van der Waals surface area contributed by atoms with Crippen molar-refractivity contribution in [3.63, 3.8) is 0 Å². The van der Waals surface area contributed by atoms with Gasteiger partial charge < -0.3 is 25.4 Å². The fourth-order valence-electron chi connectivity index (χ4n) is 3.02. The Labute approximate surface area is 167 Å². The van der Waals surface area contributed by atoms with Crippen LogP contribution in [-0.4, -0.2) is 25.2 Å². The molecule has 0 unspecified atom stereocenters. The Kier molecular flexibility index (Phi) is 5.79. The van der Waals surface area contributed by atoms with Gasteiger partial charge in [0.15, 0.2) is 5.11 Å². The molecule has 0 saturated heterocycles. The summed E-state index contributed by atoms with van der Waals surface area (Å²) in [5.74, 6) is 0.478. The van der Waals surface area contributed by atoms with Gasteiger partial charge in [-0.15, -0.1) is 0 Å². The van der Waals surface area contributed by atoms with Crippen molar-refractivity contribution in [3.05, 3.63) is 65.1 Å². The van der Waals surface area contributed by atoms with Gasteiger partial charge in [0.25, 0.3) is 5.91 Å². The SMILES string of the molecule is COc1ccc([C@H]2NC(=S)NC(C)=C2C(=O)Nc2ccc(F)cc2)c(OC)c1. The molecule has 0 bridgehead atoms. The molecule has 3 rings (SSSR count). The normalized spacial score (nSPS) is 16.1. The Morgan fingerprint density at radius 3 is 2.50 bits per heavy atom. The Bertz CT molecular complexity index is 944. The van der Waals surface area contributed by atoms with E-state index in [2.05, 4.69) is 16.0 Å². The number of ether oxygens (including phenoxy) is 2. The lowest BCUT2D eigenvalue weighted by atomic mass is 9.94. The van der Waals surface area contributed by atoms with E-state index in [1.807, 2.05) is 6.07 Å². The topological polar surface area (TPSA) is 71.6 Å². The summed E-state index contributed by atoms with van der Waals surface area (Å²) in [6.45, 7) is 1.77. The fourth-order valence-corrected chi connectivity index (χ4v) is 3.29. The molecule has 3 N–H and O–H groups in total. The van der Waals surface area contributed by atoms with Gasteiger partial charge in [0, 0.05) is 23.0 Å². The van der Waals surface area contributed by atoms with E-state index in [4.69, 9.17) is 21.7 Å². The molecule has 146 valence electrons. The molecule has 2 aromatic carbocycles. The van der Waals surface area contributed by atoms with Gasteiger partial charge in [0.05, 0.1) is 25.8 Å². The van der Waals surface area contributed by atoms with Crippen molar-refractivity contribution in [2.24, 2.45) is 0 Å².